The van der Waals surface area contributed by atoms with Gasteiger partial charge in [-0.3, -0.25) is 14.3 Å². The predicted octanol–water partition coefficient (Wildman–Crippen LogP) is 4.01. The van der Waals surface area contributed by atoms with Crippen LogP contribution in [0, 0.1) is 0 Å². The molecule has 0 saturated carbocycles. The molecule has 0 saturated heterocycles. The van der Waals surface area contributed by atoms with Crippen molar-refractivity contribution in [1.82, 2.24) is 9.78 Å². The fourth-order valence-corrected chi connectivity index (χ4v) is 3.13. The molecule has 2 N–H and O–H groups in total. The van der Waals surface area contributed by atoms with Crippen molar-refractivity contribution in [3.63, 3.8) is 0 Å². The van der Waals surface area contributed by atoms with Crippen LogP contribution in [-0.2, 0) is 18.3 Å². The van der Waals surface area contributed by atoms with Crippen LogP contribution in [-0.4, -0.2) is 21.6 Å². The van der Waals surface area contributed by atoms with Crippen LogP contribution in [0.5, 0.6) is 0 Å². The zero-order chi connectivity index (χ0) is 20.2. The van der Waals surface area contributed by atoms with Crippen LogP contribution >= 0.6 is 0 Å². The number of carbonyl (C=O) groups excluding carboxylic acids is 2. The molecule has 6 nitrogen and oxygen atoms in total. The van der Waals surface area contributed by atoms with Gasteiger partial charge in [0.05, 0.1) is 6.42 Å². The summed E-state index contributed by atoms with van der Waals surface area (Å²) < 4.78 is 1.48. The van der Waals surface area contributed by atoms with E-state index in [2.05, 4.69) is 15.7 Å². The van der Waals surface area contributed by atoms with Crippen molar-refractivity contribution >= 4 is 34.1 Å². The number of benzene rings is 3. The van der Waals surface area contributed by atoms with Crippen LogP contribution in [0.15, 0.2) is 78.9 Å². The highest BCUT2D eigenvalue weighted by Crippen LogP contribution is 2.20. The molecule has 3 aromatic carbocycles. The molecule has 0 bridgehead atoms. The lowest BCUT2D eigenvalue weighted by molar-refractivity contribution is -0.115. The Bertz CT molecular complexity index is 1180. The normalized spacial score (nSPS) is 10.7. The summed E-state index contributed by atoms with van der Waals surface area (Å²) in [4.78, 5) is 24.9. The Kier molecular flexibility index (Phi) is 5.07. The molecule has 6 heteroatoms. The summed E-state index contributed by atoms with van der Waals surface area (Å²) in [7, 11) is 1.69. The molecule has 0 radical (unpaired) electrons. The van der Waals surface area contributed by atoms with Crippen molar-refractivity contribution in [3.05, 3.63) is 90.1 Å². The molecular weight excluding hydrogens is 364 g/mol. The van der Waals surface area contributed by atoms with Gasteiger partial charge in [0, 0.05) is 18.8 Å². The fraction of sp³-hybridized carbons (Fsp3) is 0.0870. The second-order valence-electron chi connectivity index (χ2n) is 6.77. The van der Waals surface area contributed by atoms with Crippen molar-refractivity contribution in [2.45, 2.75) is 6.42 Å². The van der Waals surface area contributed by atoms with E-state index in [9.17, 15) is 9.59 Å². The maximum Gasteiger partial charge on any atom is 0.276 e. The first-order valence-corrected chi connectivity index (χ1v) is 9.26. The summed E-state index contributed by atoms with van der Waals surface area (Å²) >= 11 is 0. The van der Waals surface area contributed by atoms with Crippen molar-refractivity contribution in [2.75, 3.05) is 10.6 Å². The van der Waals surface area contributed by atoms with E-state index in [1.54, 1.807) is 13.1 Å². The summed E-state index contributed by atoms with van der Waals surface area (Å²) in [5.41, 5.74) is 1.84. The molecule has 1 aromatic heterocycles. The van der Waals surface area contributed by atoms with Crippen LogP contribution in [0.1, 0.15) is 16.1 Å². The molecule has 4 aromatic rings. The third-order valence-electron chi connectivity index (χ3n) is 4.59. The quantitative estimate of drug-likeness (QED) is 0.546. The summed E-state index contributed by atoms with van der Waals surface area (Å²) in [6.07, 6.45) is 0.255. The highest BCUT2D eigenvalue weighted by Gasteiger charge is 2.15. The number of amides is 2. The maximum absolute atomic E-state index is 12.6. The first kappa shape index (κ1) is 18.4. The average Bonchev–Trinajstić information content (AvgIpc) is 3.09. The van der Waals surface area contributed by atoms with Crippen LogP contribution in [0.4, 0.5) is 11.5 Å². The average molecular weight is 384 g/mol. The number of aromatic nitrogens is 2. The van der Waals surface area contributed by atoms with Crippen LogP contribution in [0.2, 0.25) is 0 Å². The van der Waals surface area contributed by atoms with Gasteiger partial charge in [-0.2, -0.15) is 5.10 Å². The number of anilines is 2. The Balaban J connectivity index is 1.44. The Morgan fingerprint density at radius 3 is 2.38 bits per heavy atom. The number of rotatable bonds is 5. The van der Waals surface area contributed by atoms with Crippen molar-refractivity contribution < 1.29 is 9.59 Å². The third kappa shape index (κ3) is 4.32. The number of nitrogens with zero attached hydrogens (tertiary/aromatic N) is 2. The van der Waals surface area contributed by atoms with E-state index >= 15 is 0 Å². The summed E-state index contributed by atoms with van der Waals surface area (Å²) in [6.45, 7) is 0. The molecule has 29 heavy (non-hydrogen) atoms. The number of nitrogens with one attached hydrogen (secondary N) is 2. The largest absolute Gasteiger partial charge is 0.321 e. The van der Waals surface area contributed by atoms with E-state index in [1.807, 2.05) is 72.8 Å². The Hall–Kier alpha value is -3.93. The highest BCUT2D eigenvalue weighted by atomic mass is 16.2. The Morgan fingerprint density at radius 1 is 0.862 bits per heavy atom. The monoisotopic (exact) mass is 384 g/mol. The first-order valence-electron chi connectivity index (χ1n) is 9.26. The minimum absolute atomic E-state index is 0.166. The second-order valence-corrected chi connectivity index (χ2v) is 6.77. The molecule has 4 rings (SSSR count). The van der Waals surface area contributed by atoms with Gasteiger partial charge in [0.25, 0.3) is 5.91 Å². The molecular formula is C23H20N4O2. The van der Waals surface area contributed by atoms with Gasteiger partial charge < -0.3 is 10.6 Å². The number of fused-ring (bicyclic) bond motifs is 1. The third-order valence-corrected chi connectivity index (χ3v) is 4.59. The van der Waals surface area contributed by atoms with Gasteiger partial charge in [0.1, 0.15) is 5.82 Å². The minimum atomic E-state index is -0.334. The zero-order valence-corrected chi connectivity index (χ0v) is 15.9. The summed E-state index contributed by atoms with van der Waals surface area (Å²) in [5, 5.41) is 12.0. The molecule has 0 aliphatic rings. The second kappa shape index (κ2) is 7.98. The Labute approximate surface area is 168 Å². The van der Waals surface area contributed by atoms with Gasteiger partial charge in [-0.25, -0.2) is 0 Å². The molecule has 144 valence electrons. The lowest BCUT2D eigenvalue weighted by atomic mass is 10.1. The van der Waals surface area contributed by atoms with Crippen molar-refractivity contribution in [1.29, 1.82) is 0 Å². The van der Waals surface area contributed by atoms with Crippen LogP contribution < -0.4 is 10.6 Å². The molecule has 0 fully saturated rings. The van der Waals surface area contributed by atoms with Crippen molar-refractivity contribution in [3.8, 4) is 0 Å². The van der Waals surface area contributed by atoms with E-state index in [1.165, 1.54) is 4.68 Å². The zero-order valence-electron chi connectivity index (χ0n) is 15.9. The maximum atomic E-state index is 12.6. The van der Waals surface area contributed by atoms with Gasteiger partial charge in [-0.1, -0.05) is 60.7 Å². The van der Waals surface area contributed by atoms with Gasteiger partial charge in [-0.15, -0.1) is 0 Å². The number of carbonyl (C=O) groups is 2. The van der Waals surface area contributed by atoms with E-state index in [0.29, 0.717) is 11.5 Å². The standard InChI is InChI=1S/C23H20N4O2/c1-27-21(25-22(28)13-16-7-3-2-4-8-16)15-20(26-27)23(29)24-19-12-11-17-9-5-6-10-18(17)14-19/h2-12,14-15H,13H2,1H3,(H,24,29)(H,25,28). The Morgan fingerprint density at radius 2 is 1.59 bits per heavy atom. The molecule has 0 unspecified atom stereocenters. The van der Waals surface area contributed by atoms with Gasteiger partial charge in [-0.05, 0) is 28.5 Å². The van der Waals surface area contributed by atoms with Crippen LogP contribution in [0.3, 0.4) is 0 Å². The van der Waals surface area contributed by atoms with E-state index in [4.69, 9.17) is 0 Å². The molecule has 2 amide bonds. The molecule has 0 spiro atoms. The van der Waals surface area contributed by atoms with Gasteiger partial charge in [0.15, 0.2) is 5.69 Å². The number of hydrogen-bond donors (Lipinski definition) is 2. The van der Waals surface area contributed by atoms with Crippen LogP contribution in [0.25, 0.3) is 10.8 Å². The SMILES string of the molecule is Cn1nc(C(=O)Nc2ccc3ccccc3c2)cc1NC(=O)Cc1ccccc1. The molecule has 0 aliphatic carbocycles. The van der Waals surface area contributed by atoms with E-state index in [0.717, 1.165) is 16.3 Å². The van der Waals surface area contributed by atoms with Gasteiger partial charge >= 0.3 is 0 Å². The predicted molar refractivity (Wildman–Crippen MR) is 114 cm³/mol. The number of aryl methyl sites for hydroxylation is 1. The fourth-order valence-electron chi connectivity index (χ4n) is 3.13. The molecule has 0 atom stereocenters. The first-order chi connectivity index (χ1) is 14.1. The summed E-state index contributed by atoms with van der Waals surface area (Å²) in [6, 6.07) is 24.7. The lowest BCUT2D eigenvalue weighted by Crippen LogP contribution is -2.16. The smallest absolute Gasteiger partial charge is 0.276 e. The topological polar surface area (TPSA) is 76.0 Å². The minimum Gasteiger partial charge on any atom is -0.321 e. The summed E-state index contributed by atoms with van der Waals surface area (Å²) in [5.74, 6) is -0.0327. The number of hydrogen-bond acceptors (Lipinski definition) is 3. The lowest BCUT2D eigenvalue weighted by Gasteiger charge is -2.05. The molecule has 1 heterocycles. The molecule has 0 aliphatic heterocycles. The van der Waals surface area contributed by atoms with E-state index in [-0.39, 0.29) is 23.9 Å². The van der Waals surface area contributed by atoms with E-state index < -0.39 is 0 Å². The van der Waals surface area contributed by atoms with Crippen molar-refractivity contribution in [2.24, 2.45) is 7.05 Å². The highest BCUT2D eigenvalue weighted by molar-refractivity contribution is 6.05. The van der Waals surface area contributed by atoms with Gasteiger partial charge in [0.2, 0.25) is 5.91 Å².